The van der Waals surface area contributed by atoms with E-state index in [9.17, 15) is 13.6 Å². The minimum absolute atomic E-state index is 0.139. The Hall–Kier alpha value is -1.81. The first-order chi connectivity index (χ1) is 7.99. The molecular weight excluding hydrogens is 252 g/mol. The van der Waals surface area contributed by atoms with Crippen LogP contribution in [0.15, 0.2) is 17.0 Å². The van der Waals surface area contributed by atoms with Crippen molar-refractivity contribution >= 4 is 18.6 Å². The molecule has 0 unspecified atom stereocenters. The number of benzene rings is 1. The number of thiol groups is 1. The van der Waals surface area contributed by atoms with E-state index in [1.807, 2.05) is 0 Å². The lowest BCUT2D eigenvalue weighted by Crippen LogP contribution is -2.11. The number of halogens is 2. The van der Waals surface area contributed by atoms with Gasteiger partial charge in [0.15, 0.2) is 0 Å². The molecule has 4 nitrogen and oxygen atoms in total. The van der Waals surface area contributed by atoms with Gasteiger partial charge in [-0.1, -0.05) is 0 Å². The maximum absolute atomic E-state index is 12.2. The molecule has 17 heavy (non-hydrogen) atoms. The molecule has 1 rings (SSSR count). The van der Waals surface area contributed by atoms with Gasteiger partial charge in [0, 0.05) is 4.90 Å². The Labute approximate surface area is 101 Å². The number of rotatable bonds is 3. The van der Waals surface area contributed by atoms with Crippen LogP contribution < -0.4 is 4.74 Å². The van der Waals surface area contributed by atoms with E-state index in [0.717, 1.165) is 13.2 Å². The van der Waals surface area contributed by atoms with Crippen molar-refractivity contribution in [3.05, 3.63) is 23.3 Å². The number of nitrogens with zero attached hydrogens (tertiary/aromatic N) is 1. The Morgan fingerprint density at radius 2 is 2.18 bits per heavy atom. The number of hydrogen-bond donors (Lipinski definition) is 1. The van der Waals surface area contributed by atoms with Crippen LogP contribution in [-0.4, -0.2) is 19.7 Å². The Kier molecular flexibility index (Phi) is 4.29. The monoisotopic (exact) mass is 259 g/mol. The van der Waals surface area contributed by atoms with E-state index in [2.05, 4.69) is 22.1 Å². The summed E-state index contributed by atoms with van der Waals surface area (Å²) in [6.45, 7) is -3.11. The summed E-state index contributed by atoms with van der Waals surface area (Å²) in [6.07, 6.45) is 0. The van der Waals surface area contributed by atoms with Gasteiger partial charge in [-0.2, -0.15) is 14.0 Å². The van der Waals surface area contributed by atoms with Crippen molar-refractivity contribution in [2.24, 2.45) is 0 Å². The van der Waals surface area contributed by atoms with Gasteiger partial charge in [-0.3, -0.25) is 0 Å². The predicted octanol–water partition coefficient (Wildman–Crippen LogP) is 2.23. The zero-order chi connectivity index (χ0) is 13.0. The number of hydrogen-bond acceptors (Lipinski definition) is 5. The third kappa shape index (κ3) is 3.07. The SMILES string of the molecule is COC(=O)c1c(C#N)cc(S)cc1OC(F)F. The lowest BCUT2D eigenvalue weighted by molar-refractivity contribution is -0.0505. The van der Waals surface area contributed by atoms with Crippen molar-refractivity contribution in [2.75, 3.05) is 7.11 Å². The van der Waals surface area contributed by atoms with Crippen molar-refractivity contribution in [2.45, 2.75) is 11.5 Å². The molecule has 0 amide bonds. The van der Waals surface area contributed by atoms with Crippen molar-refractivity contribution < 1.29 is 23.0 Å². The lowest BCUT2D eigenvalue weighted by Gasteiger charge is -2.11. The molecule has 0 saturated carbocycles. The lowest BCUT2D eigenvalue weighted by atomic mass is 10.1. The molecule has 7 heteroatoms. The van der Waals surface area contributed by atoms with Crippen molar-refractivity contribution in [3.63, 3.8) is 0 Å². The standard InChI is InChI=1S/C10H7F2NO3S/c1-15-9(14)8-5(4-13)2-6(17)3-7(8)16-10(11)12/h2-3,10,17H,1H3. The highest BCUT2D eigenvalue weighted by atomic mass is 32.1. The van der Waals surface area contributed by atoms with E-state index in [4.69, 9.17) is 5.26 Å². The molecule has 90 valence electrons. The molecule has 1 aromatic rings. The van der Waals surface area contributed by atoms with Gasteiger partial charge in [0.2, 0.25) is 0 Å². The number of ether oxygens (including phenoxy) is 2. The Bertz CT molecular complexity index is 485. The highest BCUT2D eigenvalue weighted by Crippen LogP contribution is 2.28. The minimum Gasteiger partial charge on any atom is -0.465 e. The van der Waals surface area contributed by atoms with Gasteiger partial charge >= 0.3 is 12.6 Å². The Balaban J connectivity index is 3.39. The van der Waals surface area contributed by atoms with E-state index in [-0.39, 0.29) is 16.0 Å². The number of alkyl halides is 2. The molecule has 0 fully saturated rings. The van der Waals surface area contributed by atoms with Crippen LogP contribution in [0.1, 0.15) is 15.9 Å². The molecule has 0 heterocycles. The average Bonchev–Trinajstić information content (AvgIpc) is 2.26. The smallest absolute Gasteiger partial charge is 0.387 e. The van der Waals surface area contributed by atoms with Crippen molar-refractivity contribution in [1.29, 1.82) is 5.26 Å². The summed E-state index contributed by atoms with van der Waals surface area (Å²) in [5.41, 5.74) is -0.479. The molecule has 0 aliphatic carbocycles. The molecule has 0 radical (unpaired) electrons. The average molecular weight is 259 g/mol. The van der Waals surface area contributed by atoms with E-state index < -0.39 is 18.3 Å². The van der Waals surface area contributed by atoms with Gasteiger partial charge in [0.1, 0.15) is 17.4 Å². The van der Waals surface area contributed by atoms with Gasteiger partial charge in [-0.25, -0.2) is 4.79 Å². The number of methoxy groups -OCH3 is 1. The van der Waals surface area contributed by atoms with Crippen molar-refractivity contribution in [1.82, 2.24) is 0 Å². The van der Waals surface area contributed by atoms with Crippen LogP contribution in [0.25, 0.3) is 0 Å². The largest absolute Gasteiger partial charge is 0.465 e. The quantitative estimate of drug-likeness (QED) is 0.668. The molecule has 0 saturated heterocycles. The van der Waals surface area contributed by atoms with Gasteiger partial charge in [-0.05, 0) is 12.1 Å². The zero-order valence-corrected chi connectivity index (χ0v) is 9.50. The third-order valence-corrected chi connectivity index (χ3v) is 2.07. The zero-order valence-electron chi connectivity index (χ0n) is 8.61. The highest BCUT2D eigenvalue weighted by molar-refractivity contribution is 7.80. The van der Waals surface area contributed by atoms with Gasteiger partial charge in [-0.15, -0.1) is 12.6 Å². The second-order valence-electron chi connectivity index (χ2n) is 2.85. The second-order valence-corrected chi connectivity index (χ2v) is 3.36. The van der Waals surface area contributed by atoms with E-state index in [0.29, 0.717) is 0 Å². The second kappa shape index (κ2) is 5.50. The molecule has 0 N–H and O–H groups in total. The van der Waals surface area contributed by atoms with E-state index in [1.54, 1.807) is 6.07 Å². The van der Waals surface area contributed by atoms with Gasteiger partial charge < -0.3 is 9.47 Å². The maximum atomic E-state index is 12.2. The van der Waals surface area contributed by atoms with Crippen LogP contribution in [0.2, 0.25) is 0 Å². The molecule has 0 atom stereocenters. The van der Waals surface area contributed by atoms with Crippen LogP contribution in [0, 0.1) is 11.3 Å². The van der Waals surface area contributed by atoms with Crippen molar-refractivity contribution in [3.8, 4) is 11.8 Å². The fourth-order valence-electron chi connectivity index (χ4n) is 1.19. The molecule has 0 aliphatic rings. The predicted molar refractivity (Wildman–Crippen MR) is 56.4 cm³/mol. The fraction of sp³-hybridized carbons (Fsp3) is 0.200. The van der Waals surface area contributed by atoms with Gasteiger partial charge in [0.25, 0.3) is 0 Å². The molecule has 0 aliphatic heterocycles. The fourth-order valence-corrected chi connectivity index (χ4v) is 1.44. The number of nitriles is 1. The number of carbonyl (C=O) groups excluding carboxylic acids is 1. The first-order valence-electron chi connectivity index (χ1n) is 4.29. The van der Waals surface area contributed by atoms with E-state index in [1.165, 1.54) is 6.07 Å². The Morgan fingerprint density at radius 3 is 2.65 bits per heavy atom. The molecular formula is C10H7F2NO3S. The van der Waals surface area contributed by atoms with Crippen LogP contribution in [0.5, 0.6) is 5.75 Å². The summed E-state index contributed by atoms with van der Waals surface area (Å²) in [4.78, 5) is 11.6. The summed E-state index contributed by atoms with van der Waals surface area (Å²) in [6, 6.07) is 4.06. The summed E-state index contributed by atoms with van der Waals surface area (Å²) in [5.74, 6) is -1.36. The normalized spacial score (nSPS) is 9.88. The van der Waals surface area contributed by atoms with Crippen LogP contribution in [0.3, 0.4) is 0 Å². The minimum atomic E-state index is -3.11. The number of carbonyl (C=O) groups is 1. The molecule has 1 aromatic carbocycles. The molecule has 0 bridgehead atoms. The summed E-state index contributed by atoms with van der Waals surface area (Å²) < 4.78 is 32.9. The molecule has 0 aromatic heterocycles. The Morgan fingerprint density at radius 1 is 1.53 bits per heavy atom. The van der Waals surface area contributed by atoms with Gasteiger partial charge in [0.05, 0.1) is 12.7 Å². The maximum Gasteiger partial charge on any atom is 0.387 e. The first-order valence-corrected chi connectivity index (χ1v) is 4.74. The van der Waals surface area contributed by atoms with Crippen LogP contribution in [-0.2, 0) is 4.74 Å². The highest BCUT2D eigenvalue weighted by Gasteiger charge is 2.21. The van der Waals surface area contributed by atoms with Crippen LogP contribution >= 0.6 is 12.6 Å². The van der Waals surface area contributed by atoms with Crippen LogP contribution in [0.4, 0.5) is 8.78 Å². The number of esters is 1. The molecule has 0 spiro atoms. The summed E-state index contributed by atoms with van der Waals surface area (Å²) in [5, 5.41) is 8.81. The van der Waals surface area contributed by atoms with E-state index >= 15 is 0 Å². The summed E-state index contributed by atoms with van der Waals surface area (Å²) >= 11 is 3.92. The third-order valence-electron chi connectivity index (χ3n) is 1.81. The first kappa shape index (κ1) is 13.3. The topological polar surface area (TPSA) is 59.3 Å². The summed E-state index contributed by atoms with van der Waals surface area (Å²) in [7, 11) is 1.07.